The summed E-state index contributed by atoms with van der Waals surface area (Å²) in [7, 11) is 0. The van der Waals surface area contributed by atoms with E-state index in [2.05, 4.69) is 0 Å². The van der Waals surface area contributed by atoms with Gasteiger partial charge in [0.2, 0.25) is 5.91 Å². The zero-order valence-electron chi connectivity index (χ0n) is 9.20. The first kappa shape index (κ1) is 13.1. The van der Waals surface area contributed by atoms with Gasteiger partial charge in [-0.25, -0.2) is 0 Å². The molecule has 0 radical (unpaired) electrons. The van der Waals surface area contributed by atoms with Crippen LogP contribution < -0.4 is 5.73 Å². The zero-order valence-corrected chi connectivity index (χ0v) is 9.20. The number of nitrogens with two attached hydrogens (primary N) is 1. The maximum Gasteiger partial charge on any atom is 0.269 e. The van der Waals surface area contributed by atoms with Crippen LogP contribution in [-0.2, 0) is 11.2 Å². The number of hydrogen-bond acceptors (Lipinski definition) is 4. The minimum Gasteiger partial charge on any atom is -0.396 e. The highest BCUT2D eigenvalue weighted by molar-refractivity contribution is 5.76. The first-order valence-electron chi connectivity index (χ1n) is 5.18. The van der Waals surface area contributed by atoms with E-state index < -0.39 is 16.7 Å². The minimum atomic E-state index is -0.483. The van der Waals surface area contributed by atoms with Crippen molar-refractivity contribution in [2.24, 2.45) is 11.7 Å². The van der Waals surface area contributed by atoms with E-state index in [-0.39, 0.29) is 12.3 Å². The molecule has 6 nitrogen and oxygen atoms in total. The average molecular weight is 238 g/mol. The molecule has 1 aromatic carbocycles. The summed E-state index contributed by atoms with van der Waals surface area (Å²) < 4.78 is 0. The second kappa shape index (κ2) is 5.95. The number of amides is 1. The lowest BCUT2D eigenvalue weighted by Crippen LogP contribution is -2.26. The topological polar surface area (TPSA) is 106 Å². The van der Waals surface area contributed by atoms with Gasteiger partial charge in [0.05, 0.1) is 4.92 Å². The smallest absolute Gasteiger partial charge is 0.269 e. The number of non-ortho nitro benzene ring substituents is 1. The second-order valence-electron chi connectivity index (χ2n) is 3.74. The molecule has 1 amide bonds. The van der Waals surface area contributed by atoms with Gasteiger partial charge in [-0.2, -0.15) is 0 Å². The molecule has 0 aromatic heterocycles. The Morgan fingerprint density at radius 3 is 2.41 bits per heavy atom. The Morgan fingerprint density at radius 1 is 1.41 bits per heavy atom. The number of aliphatic hydroxyl groups is 1. The van der Waals surface area contributed by atoms with Crippen LogP contribution in [0.5, 0.6) is 0 Å². The summed E-state index contributed by atoms with van der Waals surface area (Å²) >= 11 is 0. The third-order valence-corrected chi connectivity index (χ3v) is 2.51. The lowest BCUT2D eigenvalue weighted by atomic mass is 9.96. The highest BCUT2D eigenvalue weighted by Gasteiger charge is 2.15. The van der Waals surface area contributed by atoms with Gasteiger partial charge in [0.1, 0.15) is 0 Å². The third kappa shape index (κ3) is 3.84. The maximum atomic E-state index is 11.1. The summed E-state index contributed by atoms with van der Waals surface area (Å²) in [6.07, 6.45) is 0.681. The molecule has 0 aliphatic carbocycles. The van der Waals surface area contributed by atoms with E-state index in [1.165, 1.54) is 12.1 Å². The number of carbonyl (C=O) groups excluding carboxylic acids is 1. The van der Waals surface area contributed by atoms with E-state index in [0.29, 0.717) is 12.8 Å². The summed E-state index contributed by atoms with van der Waals surface area (Å²) in [4.78, 5) is 21.0. The normalized spacial score (nSPS) is 12.1. The number of rotatable bonds is 6. The Hall–Kier alpha value is -1.95. The molecule has 6 heteroatoms. The van der Waals surface area contributed by atoms with Gasteiger partial charge in [0.25, 0.3) is 5.69 Å². The number of nitrogens with zero attached hydrogens (tertiary/aromatic N) is 1. The monoisotopic (exact) mass is 238 g/mol. The number of carbonyl (C=O) groups is 1. The largest absolute Gasteiger partial charge is 0.396 e. The number of primary amides is 1. The number of nitro groups is 1. The van der Waals surface area contributed by atoms with E-state index in [4.69, 9.17) is 10.8 Å². The van der Waals surface area contributed by atoms with Gasteiger partial charge in [0, 0.05) is 24.7 Å². The lowest BCUT2D eigenvalue weighted by Gasteiger charge is -2.11. The van der Waals surface area contributed by atoms with Gasteiger partial charge >= 0.3 is 0 Å². The van der Waals surface area contributed by atoms with Crippen molar-refractivity contribution in [3.05, 3.63) is 39.9 Å². The number of hydrogen-bond donors (Lipinski definition) is 2. The van der Waals surface area contributed by atoms with Crippen molar-refractivity contribution in [3.8, 4) is 0 Å². The van der Waals surface area contributed by atoms with Crippen molar-refractivity contribution in [1.82, 2.24) is 0 Å². The standard InChI is InChI=1S/C11H14N2O4/c12-11(15)9(5-6-14)7-8-1-3-10(4-2-8)13(16)17/h1-4,9,14H,5-7H2,(H2,12,15). The molecule has 3 N–H and O–H groups in total. The molecule has 1 rings (SSSR count). The Balaban J connectivity index is 2.73. The van der Waals surface area contributed by atoms with Gasteiger partial charge in [-0.3, -0.25) is 14.9 Å². The van der Waals surface area contributed by atoms with E-state index >= 15 is 0 Å². The Kier molecular flexibility index (Phi) is 4.59. The van der Waals surface area contributed by atoms with Crippen molar-refractivity contribution in [2.45, 2.75) is 12.8 Å². The molecule has 0 saturated heterocycles. The fourth-order valence-electron chi connectivity index (χ4n) is 1.54. The van der Waals surface area contributed by atoms with Crippen LogP contribution in [0.25, 0.3) is 0 Å². The van der Waals surface area contributed by atoms with Gasteiger partial charge in [-0.15, -0.1) is 0 Å². The minimum absolute atomic E-state index is 0.00605. The summed E-state index contributed by atoms with van der Waals surface area (Å²) in [6, 6.07) is 5.94. The predicted octanol–water partition coefficient (Wildman–Crippen LogP) is 0.621. The van der Waals surface area contributed by atoms with Crippen molar-refractivity contribution in [2.75, 3.05) is 6.61 Å². The fourth-order valence-corrected chi connectivity index (χ4v) is 1.54. The van der Waals surface area contributed by atoms with Crippen LogP contribution in [-0.4, -0.2) is 22.5 Å². The molecule has 0 bridgehead atoms. The highest BCUT2D eigenvalue weighted by Crippen LogP contribution is 2.16. The summed E-state index contributed by atoms with van der Waals surface area (Å²) in [6.45, 7) is -0.111. The molecule has 0 heterocycles. The Bertz CT molecular complexity index is 402. The van der Waals surface area contributed by atoms with E-state index in [1.807, 2.05) is 0 Å². The maximum absolute atomic E-state index is 11.1. The second-order valence-corrected chi connectivity index (χ2v) is 3.74. The van der Waals surface area contributed by atoms with Gasteiger partial charge < -0.3 is 10.8 Å². The third-order valence-electron chi connectivity index (χ3n) is 2.51. The van der Waals surface area contributed by atoms with Gasteiger partial charge in [-0.1, -0.05) is 12.1 Å². The lowest BCUT2D eigenvalue weighted by molar-refractivity contribution is -0.384. The van der Waals surface area contributed by atoms with Crippen LogP contribution in [0.2, 0.25) is 0 Å². The van der Waals surface area contributed by atoms with E-state index in [1.54, 1.807) is 12.1 Å². The molecule has 0 aliphatic heterocycles. The van der Waals surface area contributed by atoms with E-state index in [9.17, 15) is 14.9 Å². The molecular formula is C11H14N2O4. The predicted molar refractivity (Wildman–Crippen MR) is 61.2 cm³/mol. The van der Waals surface area contributed by atoms with E-state index in [0.717, 1.165) is 5.56 Å². The van der Waals surface area contributed by atoms with Gasteiger partial charge in [0.15, 0.2) is 0 Å². The Labute approximate surface area is 98.2 Å². The van der Waals surface area contributed by atoms with Crippen molar-refractivity contribution in [3.63, 3.8) is 0 Å². The molecule has 1 unspecified atom stereocenters. The van der Waals surface area contributed by atoms with Crippen molar-refractivity contribution >= 4 is 11.6 Å². The zero-order chi connectivity index (χ0) is 12.8. The number of nitro benzene ring substituents is 1. The van der Waals surface area contributed by atoms with Crippen LogP contribution >= 0.6 is 0 Å². The first-order chi connectivity index (χ1) is 8.04. The van der Waals surface area contributed by atoms with Crippen LogP contribution in [0.15, 0.2) is 24.3 Å². The van der Waals surface area contributed by atoms with Crippen LogP contribution in [0.4, 0.5) is 5.69 Å². The molecule has 17 heavy (non-hydrogen) atoms. The molecule has 1 aromatic rings. The van der Waals surface area contributed by atoms with Crippen LogP contribution in [0.1, 0.15) is 12.0 Å². The summed E-state index contributed by atoms with van der Waals surface area (Å²) in [5, 5.41) is 19.2. The van der Waals surface area contributed by atoms with Crippen molar-refractivity contribution in [1.29, 1.82) is 0 Å². The van der Waals surface area contributed by atoms with Crippen molar-refractivity contribution < 1.29 is 14.8 Å². The quantitative estimate of drug-likeness (QED) is 0.559. The molecular weight excluding hydrogens is 224 g/mol. The molecule has 0 fully saturated rings. The molecule has 0 spiro atoms. The highest BCUT2D eigenvalue weighted by atomic mass is 16.6. The summed E-state index contributed by atoms with van der Waals surface area (Å²) in [5.41, 5.74) is 5.98. The van der Waals surface area contributed by atoms with Crippen LogP contribution in [0, 0.1) is 16.0 Å². The SMILES string of the molecule is NC(=O)C(CCO)Cc1ccc([N+](=O)[O-])cc1. The molecule has 1 atom stereocenters. The number of aliphatic hydroxyl groups excluding tert-OH is 1. The first-order valence-corrected chi connectivity index (χ1v) is 5.18. The van der Waals surface area contributed by atoms with Crippen LogP contribution in [0.3, 0.4) is 0 Å². The fraction of sp³-hybridized carbons (Fsp3) is 0.364. The van der Waals surface area contributed by atoms with Gasteiger partial charge in [-0.05, 0) is 18.4 Å². The molecule has 0 aliphatic rings. The molecule has 0 saturated carbocycles. The summed E-state index contributed by atoms with van der Waals surface area (Å²) in [5.74, 6) is -0.918. The number of benzene rings is 1. The average Bonchev–Trinajstić information content (AvgIpc) is 2.29. The Morgan fingerprint density at radius 2 is 2.00 bits per heavy atom. The molecule has 92 valence electrons.